The zero-order valence-corrected chi connectivity index (χ0v) is 11.2. The molecule has 0 aliphatic rings. The summed E-state index contributed by atoms with van der Waals surface area (Å²) in [6.07, 6.45) is 0.154. The van der Waals surface area contributed by atoms with Crippen molar-refractivity contribution in [2.45, 2.75) is 12.5 Å². The first kappa shape index (κ1) is 12.7. The molecule has 0 amide bonds. The molecule has 0 aliphatic heterocycles. The molecule has 1 aromatic heterocycles. The minimum atomic E-state index is -0.547. The average molecular weight is 318 g/mol. The van der Waals surface area contributed by atoms with Crippen molar-refractivity contribution in [1.29, 1.82) is 0 Å². The van der Waals surface area contributed by atoms with Gasteiger partial charge < -0.3 is 5.73 Å². The molecule has 0 bridgehead atoms. The van der Waals surface area contributed by atoms with E-state index in [1.165, 1.54) is 29.5 Å². The first-order valence-corrected chi connectivity index (χ1v) is 6.67. The second-order valence-corrected chi connectivity index (χ2v) is 5.99. The molecule has 90 valence electrons. The third-order valence-corrected chi connectivity index (χ3v) is 4.02. The Morgan fingerprint density at radius 3 is 2.47 bits per heavy atom. The normalized spacial score (nSPS) is 12.7. The Bertz CT molecular complexity index is 507. The van der Waals surface area contributed by atoms with Gasteiger partial charge in [0.1, 0.15) is 11.6 Å². The zero-order valence-electron chi connectivity index (χ0n) is 8.79. The van der Waals surface area contributed by atoms with Crippen LogP contribution in [0.1, 0.15) is 17.2 Å². The van der Waals surface area contributed by atoms with Gasteiger partial charge >= 0.3 is 0 Å². The molecule has 2 rings (SSSR count). The van der Waals surface area contributed by atoms with E-state index in [2.05, 4.69) is 15.9 Å². The molecular weight excluding hydrogens is 308 g/mol. The van der Waals surface area contributed by atoms with E-state index in [0.29, 0.717) is 0 Å². The summed E-state index contributed by atoms with van der Waals surface area (Å²) in [4.78, 5) is 0. The highest BCUT2D eigenvalue weighted by molar-refractivity contribution is 9.11. The van der Waals surface area contributed by atoms with Crippen LogP contribution in [0.3, 0.4) is 0 Å². The van der Waals surface area contributed by atoms with Crippen LogP contribution in [0.25, 0.3) is 0 Å². The van der Waals surface area contributed by atoms with E-state index in [1.807, 2.05) is 11.4 Å². The SMILES string of the molecule is NC(Cc1c(F)cccc1F)c1csc(Br)c1. The lowest BCUT2D eigenvalue weighted by Gasteiger charge is -2.11. The van der Waals surface area contributed by atoms with Crippen molar-refractivity contribution in [3.8, 4) is 0 Å². The van der Waals surface area contributed by atoms with E-state index in [1.54, 1.807) is 0 Å². The van der Waals surface area contributed by atoms with Crippen molar-refractivity contribution in [1.82, 2.24) is 0 Å². The van der Waals surface area contributed by atoms with E-state index < -0.39 is 17.7 Å². The molecule has 0 radical (unpaired) electrons. The van der Waals surface area contributed by atoms with Crippen molar-refractivity contribution in [3.05, 3.63) is 56.2 Å². The summed E-state index contributed by atoms with van der Waals surface area (Å²) >= 11 is 4.83. The molecule has 1 nitrogen and oxygen atoms in total. The predicted molar refractivity (Wildman–Crippen MR) is 69.0 cm³/mol. The van der Waals surface area contributed by atoms with Crippen LogP contribution in [-0.4, -0.2) is 0 Å². The maximum atomic E-state index is 13.4. The maximum Gasteiger partial charge on any atom is 0.129 e. The number of rotatable bonds is 3. The van der Waals surface area contributed by atoms with Crippen LogP contribution in [0, 0.1) is 11.6 Å². The summed E-state index contributed by atoms with van der Waals surface area (Å²) in [5, 5.41) is 1.88. The van der Waals surface area contributed by atoms with Crippen molar-refractivity contribution in [2.75, 3.05) is 0 Å². The number of hydrogen-bond acceptors (Lipinski definition) is 2. The van der Waals surface area contributed by atoms with Gasteiger partial charge in [-0.05, 0) is 51.5 Å². The summed E-state index contributed by atoms with van der Waals surface area (Å²) in [5.74, 6) is -1.09. The molecule has 0 aliphatic carbocycles. The largest absolute Gasteiger partial charge is 0.324 e. The first-order chi connectivity index (χ1) is 8.08. The Morgan fingerprint density at radius 1 is 1.29 bits per heavy atom. The van der Waals surface area contributed by atoms with Crippen LogP contribution < -0.4 is 5.73 Å². The van der Waals surface area contributed by atoms with Crippen molar-refractivity contribution in [3.63, 3.8) is 0 Å². The van der Waals surface area contributed by atoms with Gasteiger partial charge in [0.25, 0.3) is 0 Å². The number of halogens is 3. The van der Waals surface area contributed by atoms with Gasteiger partial charge in [0.2, 0.25) is 0 Å². The smallest absolute Gasteiger partial charge is 0.129 e. The van der Waals surface area contributed by atoms with Crippen LogP contribution in [-0.2, 0) is 6.42 Å². The molecule has 0 saturated heterocycles. The molecule has 1 aromatic carbocycles. The first-order valence-electron chi connectivity index (χ1n) is 5.00. The lowest BCUT2D eigenvalue weighted by Crippen LogP contribution is -2.14. The summed E-state index contributed by atoms with van der Waals surface area (Å²) in [6, 6.07) is 5.31. The third kappa shape index (κ3) is 2.91. The van der Waals surface area contributed by atoms with Crippen molar-refractivity contribution < 1.29 is 8.78 Å². The lowest BCUT2D eigenvalue weighted by atomic mass is 10.0. The highest BCUT2D eigenvalue weighted by Gasteiger charge is 2.15. The summed E-state index contributed by atoms with van der Waals surface area (Å²) in [6.45, 7) is 0. The molecule has 0 saturated carbocycles. The van der Waals surface area contributed by atoms with Crippen LogP contribution in [0.5, 0.6) is 0 Å². The van der Waals surface area contributed by atoms with E-state index in [9.17, 15) is 8.78 Å². The Balaban J connectivity index is 2.21. The average Bonchev–Trinajstić information content (AvgIpc) is 2.70. The van der Waals surface area contributed by atoms with Crippen molar-refractivity contribution in [2.24, 2.45) is 5.73 Å². The summed E-state index contributed by atoms with van der Waals surface area (Å²) in [5.41, 5.74) is 6.85. The standard InChI is InChI=1S/C12H10BrF2NS/c13-12-4-7(6-17-12)11(16)5-8-9(14)2-1-3-10(8)15/h1-4,6,11H,5,16H2. The maximum absolute atomic E-state index is 13.4. The van der Waals surface area contributed by atoms with E-state index in [4.69, 9.17) is 5.73 Å². The molecule has 2 N–H and O–H groups in total. The number of benzene rings is 1. The second-order valence-electron chi connectivity index (χ2n) is 3.69. The highest BCUT2D eigenvalue weighted by Crippen LogP contribution is 2.27. The number of thiophene rings is 1. The monoisotopic (exact) mass is 317 g/mol. The quantitative estimate of drug-likeness (QED) is 0.908. The van der Waals surface area contributed by atoms with Gasteiger partial charge in [-0.3, -0.25) is 0 Å². The van der Waals surface area contributed by atoms with Gasteiger partial charge in [0, 0.05) is 11.6 Å². The third-order valence-electron chi connectivity index (χ3n) is 2.50. The minimum absolute atomic E-state index is 0.0438. The fraction of sp³-hybridized carbons (Fsp3) is 0.167. The topological polar surface area (TPSA) is 26.0 Å². The van der Waals surface area contributed by atoms with E-state index in [-0.39, 0.29) is 12.0 Å². The van der Waals surface area contributed by atoms with Gasteiger partial charge in [-0.2, -0.15) is 0 Å². The van der Waals surface area contributed by atoms with E-state index in [0.717, 1.165) is 9.35 Å². The summed E-state index contributed by atoms with van der Waals surface area (Å²) < 4.78 is 27.8. The fourth-order valence-electron chi connectivity index (χ4n) is 1.58. The zero-order chi connectivity index (χ0) is 12.4. The molecule has 17 heavy (non-hydrogen) atoms. The Kier molecular flexibility index (Phi) is 3.91. The molecule has 1 unspecified atom stereocenters. The van der Waals surface area contributed by atoms with Crippen LogP contribution in [0.15, 0.2) is 33.4 Å². The van der Waals surface area contributed by atoms with Gasteiger partial charge in [-0.25, -0.2) is 8.78 Å². The fourth-order valence-corrected chi connectivity index (χ4v) is 2.82. The molecular formula is C12H10BrF2NS. The van der Waals surface area contributed by atoms with Crippen LogP contribution in [0.4, 0.5) is 8.78 Å². The molecule has 5 heteroatoms. The molecule has 2 aromatic rings. The number of hydrogen-bond donors (Lipinski definition) is 1. The lowest BCUT2D eigenvalue weighted by molar-refractivity contribution is 0.540. The van der Waals surface area contributed by atoms with Gasteiger partial charge in [0.15, 0.2) is 0 Å². The minimum Gasteiger partial charge on any atom is -0.324 e. The number of nitrogens with two attached hydrogens (primary N) is 1. The second kappa shape index (κ2) is 5.25. The highest BCUT2D eigenvalue weighted by atomic mass is 79.9. The molecule has 1 atom stereocenters. The van der Waals surface area contributed by atoms with Gasteiger partial charge in [-0.1, -0.05) is 6.07 Å². The Hall–Kier alpha value is -0.780. The van der Waals surface area contributed by atoms with Crippen LogP contribution >= 0.6 is 27.3 Å². The van der Waals surface area contributed by atoms with Gasteiger partial charge in [-0.15, -0.1) is 11.3 Å². The molecule has 0 fully saturated rings. The Labute approximate surface area is 110 Å². The summed E-state index contributed by atoms with van der Waals surface area (Å²) in [7, 11) is 0. The molecule has 1 heterocycles. The van der Waals surface area contributed by atoms with Crippen LogP contribution in [0.2, 0.25) is 0 Å². The predicted octanol–water partition coefficient (Wildman–Crippen LogP) is 4.03. The van der Waals surface area contributed by atoms with Crippen molar-refractivity contribution >= 4 is 27.3 Å². The van der Waals surface area contributed by atoms with Gasteiger partial charge in [0.05, 0.1) is 3.79 Å². The molecule has 0 spiro atoms. The Morgan fingerprint density at radius 2 is 1.94 bits per heavy atom. The van der Waals surface area contributed by atoms with E-state index >= 15 is 0 Å².